The Morgan fingerprint density at radius 2 is 2.18 bits per heavy atom. The summed E-state index contributed by atoms with van der Waals surface area (Å²) in [6.07, 6.45) is 0. The first-order valence-corrected chi connectivity index (χ1v) is 5.31. The van der Waals surface area contributed by atoms with Gasteiger partial charge < -0.3 is 14.7 Å². The lowest BCUT2D eigenvalue weighted by Crippen LogP contribution is -2.30. The van der Waals surface area contributed by atoms with Crippen LogP contribution in [0.3, 0.4) is 0 Å². The third-order valence-electron chi connectivity index (χ3n) is 2.71. The standard InChI is InChI=1S/C12H13NO4/c1-8(14)13-4-5-17-7-10-6-9(12(15)16)2-3-11(10)13/h2-3,6H,4-5,7H2,1H3,(H,15,16). The normalized spacial score (nSPS) is 15.0. The Labute approximate surface area is 98.6 Å². The fourth-order valence-electron chi connectivity index (χ4n) is 1.88. The molecule has 1 aliphatic rings. The second-order valence-corrected chi connectivity index (χ2v) is 3.87. The van der Waals surface area contributed by atoms with Crippen LogP contribution >= 0.6 is 0 Å². The van der Waals surface area contributed by atoms with Gasteiger partial charge in [-0.05, 0) is 18.2 Å². The number of carbonyl (C=O) groups excluding carboxylic acids is 1. The maximum atomic E-state index is 11.5. The van der Waals surface area contributed by atoms with Crippen molar-refractivity contribution in [3.63, 3.8) is 0 Å². The van der Waals surface area contributed by atoms with E-state index in [9.17, 15) is 9.59 Å². The predicted molar refractivity (Wildman–Crippen MR) is 61.1 cm³/mol. The zero-order chi connectivity index (χ0) is 12.4. The van der Waals surface area contributed by atoms with E-state index in [0.29, 0.717) is 19.8 Å². The van der Waals surface area contributed by atoms with E-state index in [4.69, 9.17) is 9.84 Å². The Morgan fingerprint density at radius 3 is 2.82 bits per heavy atom. The molecule has 0 fully saturated rings. The number of benzene rings is 1. The van der Waals surface area contributed by atoms with E-state index >= 15 is 0 Å². The highest BCUT2D eigenvalue weighted by Gasteiger charge is 2.19. The summed E-state index contributed by atoms with van der Waals surface area (Å²) in [6.45, 7) is 2.77. The van der Waals surface area contributed by atoms with Crippen LogP contribution in [-0.2, 0) is 16.1 Å². The highest BCUT2D eigenvalue weighted by molar-refractivity contribution is 5.94. The summed E-state index contributed by atoms with van der Waals surface area (Å²) in [5, 5.41) is 8.91. The Balaban J connectivity index is 2.46. The number of carboxylic acid groups (broad SMARTS) is 1. The molecular weight excluding hydrogens is 222 g/mol. The predicted octanol–water partition coefficient (Wildman–Crippen LogP) is 1.27. The molecule has 0 radical (unpaired) electrons. The molecule has 1 amide bonds. The average molecular weight is 235 g/mol. The summed E-state index contributed by atoms with van der Waals surface area (Å²) in [5.74, 6) is -1.05. The molecule has 0 spiro atoms. The second-order valence-electron chi connectivity index (χ2n) is 3.87. The third kappa shape index (κ3) is 2.29. The van der Waals surface area contributed by atoms with Crippen LogP contribution in [0, 0.1) is 0 Å². The summed E-state index contributed by atoms with van der Waals surface area (Å²) >= 11 is 0. The van der Waals surface area contributed by atoms with Crippen molar-refractivity contribution in [2.45, 2.75) is 13.5 Å². The van der Waals surface area contributed by atoms with E-state index in [-0.39, 0.29) is 11.5 Å². The number of anilines is 1. The summed E-state index contributed by atoms with van der Waals surface area (Å²) in [4.78, 5) is 24.0. The molecule has 17 heavy (non-hydrogen) atoms. The van der Waals surface area contributed by atoms with Gasteiger partial charge >= 0.3 is 5.97 Å². The minimum absolute atomic E-state index is 0.0696. The van der Waals surface area contributed by atoms with E-state index in [1.807, 2.05) is 0 Å². The fourth-order valence-corrected chi connectivity index (χ4v) is 1.88. The third-order valence-corrected chi connectivity index (χ3v) is 2.71. The van der Waals surface area contributed by atoms with Crippen LogP contribution in [0.2, 0.25) is 0 Å². The molecule has 5 heteroatoms. The first-order valence-electron chi connectivity index (χ1n) is 5.31. The molecule has 1 N–H and O–H groups in total. The van der Waals surface area contributed by atoms with Gasteiger partial charge in [-0.3, -0.25) is 4.79 Å². The lowest BCUT2D eigenvalue weighted by Gasteiger charge is -2.20. The van der Waals surface area contributed by atoms with Crippen LogP contribution in [0.1, 0.15) is 22.8 Å². The van der Waals surface area contributed by atoms with Crippen molar-refractivity contribution in [2.75, 3.05) is 18.1 Å². The SMILES string of the molecule is CC(=O)N1CCOCc2cc(C(=O)O)ccc21. The minimum Gasteiger partial charge on any atom is -0.478 e. The van der Waals surface area contributed by atoms with Gasteiger partial charge in [0.05, 0.1) is 18.8 Å². The van der Waals surface area contributed by atoms with Crippen molar-refractivity contribution in [3.8, 4) is 0 Å². The van der Waals surface area contributed by atoms with E-state index in [2.05, 4.69) is 0 Å². The smallest absolute Gasteiger partial charge is 0.335 e. The van der Waals surface area contributed by atoms with Crippen molar-refractivity contribution >= 4 is 17.6 Å². The molecule has 1 aromatic rings. The number of hydrogen-bond acceptors (Lipinski definition) is 3. The maximum absolute atomic E-state index is 11.5. The molecule has 1 heterocycles. The fraction of sp³-hybridized carbons (Fsp3) is 0.333. The summed E-state index contributed by atoms with van der Waals surface area (Å²) in [6, 6.07) is 4.72. The monoisotopic (exact) mass is 235 g/mol. The van der Waals surface area contributed by atoms with Crippen molar-refractivity contribution in [3.05, 3.63) is 29.3 Å². The number of fused-ring (bicyclic) bond motifs is 1. The lowest BCUT2D eigenvalue weighted by atomic mass is 10.1. The molecule has 5 nitrogen and oxygen atoms in total. The quantitative estimate of drug-likeness (QED) is 0.796. The van der Waals surface area contributed by atoms with Gasteiger partial charge in [-0.2, -0.15) is 0 Å². The van der Waals surface area contributed by atoms with Crippen LogP contribution in [-0.4, -0.2) is 30.1 Å². The Hall–Kier alpha value is -1.88. The molecule has 1 aromatic carbocycles. The van der Waals surface area contributed by atoms with Gasteiger partial charge in [0, 0.05) is 24.7 Å². The van der Waals surface area contributed by atoms with E-state index in [1.165, 1.54) is 13.0 Å². The van der Waals surface area contributed by atoms with Crippen LogP contribution < -0.4 is 4.90 Å². The number of amides is 1. The van der Waals surface area contributed by atoms with Gasteiger partial charge in [0.1, 0.15) is 0 Å². The second kappa shape index (κ2) is 4.55. The van der Waals surface area contributed by atoms with Gasteiger partial charge in [-0.25, -0.2) is 4.79 Å². The zero-order valence-electron chi connectivity index (χ0n) is 9.47. The lowest BCUT2D eigenvalue weighted by molar-refractivity contribution is -0.116. The number of aromatic carboxylic acids is 1. The van der Waals surface area contributed by atoms with Crippen molar-refractivity contribution in [2.24, 2.45) is 0 Å². The van der Waals surface area contributed by atoms with Crippen LogP contribution in [0.25, 0.3) is 0 Å². The summed E-state index contributed by atoms with van der Waals surface area (Å²) < 4.78 is 5.35. The minimum atomic E-state index is -0.980. The molecule has 0 aliphatic carbocycles. The molecule has 0 saturated heterocycles. The first-order chi connectivity index (χ1) is 8.09. The van der Waals surface area contributed by atoms with Crippen LogP contribution in [0.15, 0.2) is 18.2 Å². The number of rotatable bonds is 1. The molecule has 0 unspecified atom stereocenters. The Bertz CT molecular complexity index is 470. The van der Waals surface area contributed by atoms with E-state index in [1.54, 1.807) is 17.0 Å². The number of nitrogens with zero attached hydrogens (tertiary/aromatic N) is 1. The molecular formula is C12H13NO4. The highest BCUT2D eigenvalue weighted by Crippen LogP contribution is 2.25. The maximum Gasteiger partial charge on any atom is 0.335 e. The van der Waals surface area contributed by atoms with E-state index in [0.717, 1.165) is 11.3 Å². The molecule has 0 aromatic heterocycles. The van der Waals surface area contributed by atoms with Gasteiger partial charge in [0.2, 0.25) is 5.91 Å². The Kier molecular flexibility index (Phi) is 3.10. The molecule has 0 atom stereocenters. The van der Waals surface area contributed by atoms with Gasteiger partial charge in [0.15, 0.2) is 0 Å². The molecule has 0 bridgehead atoms. The van der Waals surface area contributed by atoms with Crippen molar-refractivity contribution in [1.82, 2.24) is 0 Å². The van der Waals surface area contributed by atoms with E-state index < -0.39 is 5.97 Å². The van der Waals surface area contributed by atoms with Gasteiger partial charge in [-0.1, -0.05) is 0 Å². The Morgan fingerprint density at radius 1 is 1.41 bits per heavy atom. The molecule has 1 aliphatic heterocycles. The van der Waals surface area contributed by atoms with Gasteiger partial charge in [0.25, 0.3) is 0 Å². The molecule has 0 saturated carbocycles. The average Bonchev–Trinajstić information content (AvgIpc) is 2.49. The largest absolute Gasteiger partial charge is 0.478 e. The number of ether oxygens (including phenoxy) is 1. The van der Waals surface area contributed by atoms with Crippen molar-refractivity contribution < 1.29 is 19.4 Å². The van der Waals surface area contributed by atoms with Gasteiger partial charge in [-0.15, -0.1) is 0 Å². The highest BCUT2D eigenvalue weighted by atomic mass is 16.5. The summed E-state index contributed by atoms with van der Waals surface area (Å²) in [5.41, 5.74) is 1.68. The molecule has 2 rings (SSSR count). The van der Waals surface area contributed by atoms with Crippen LogP contribution in [0.5, 0.6) is 0 Å². The summed E-state index contributed by atoms with van der Waals surface area (Å²) in [7, 11) is 0. The number of carbonyl (C=O) groups is 2. The topological polar surface area (TPSA) is 66.8 Å². The van der Waals surface area contributed by atoms with Crippen molar-refractivity contribution in [1.29, 1.82) is 0 Å². The zero-order valence-corrected chi connectivity index (χ0v) is 9.47. The molecule has 90 valence electrons. The first kappa shape index (κ1) is 11.6. The number of hydrogen-bond donors (Lipinski definition) is 1. The van der Waals surface area contributed by atoms with Crippen LogP contribution in [0.4, 0.5) is 5.69 Å². The number of carboxylic acids is 1.